The second kappa shape index (κ2) is 8.33. The third kappa shape index (κ3) is 4.63. The SMILES string of the molecule is CSc1ccc(S(=O)(=O)Nc2cccc(C)c2)cc1C(=O)N1CCOCC1. The van der Waals surface area contributed by atoms with Crippen molar-refractivity contribution in [3.05, 3.63) is 53.6 Å². The largest absolute Gasteiger partial charge is 0.378 e. The molecule has 1 saturated heterocycles. The van der Waals surface area contributed by atoms with Gasteiger partial charge in [-0.3, -0.25) is 9.52 Å². The number of nitrogens with one attached hydrogen (secondary N) is 1. The van der Waals surface area contributed by atoms with Gasteiger partial charge in [-0.1, -0.05) is 12.1 Å². The van der Waals surface area contributed by atoms with Gasteiger partial charge in [0.1, 0.15) is 0 Å². The van der Waals surface area contributed by atoms with Crippen LogP contribution in [0.4, 0.5) is 5.69 Å². The normalized spacial score (nSPS) is 14.8. The summed E-state index contributed by atoms with van der Waals surface area (Å²) in [7, 11) is -3.80. The fourth-order valence-electron chi connectivity index (χ4n) is 2.88. The van der Waals surface area contributed by atoms with Crippen molar-refractivity contribution in [2.45, 2.75) is 16.7 Å². The molecule has 1 heterocycles. The Hall–Kier alpha value is -2.03. The average Bonchev–Trinajstić information content (AvgIpc) is 2.67. The van der Waals surface area contributed by atoms with Crippen LogP contribution in [0.15, 0.2) is 52.3 Å². The molecule has 0 bridgehead atoms. The lowest BCUT2D eigenvalue weighted by molar-refractivity contribution is 0.0300. The monoisotopic (exact) mass is 406 g/mol. The molecule has 2 aromatic rings. The third-order valence-electron chi connectivity index (χ3n) is 4.28. The van der Waals surface area contributed by atoms with Gasteiger partial charge in [0.15, 0.2) is 0 Å². The minimum Gasteiger partial charge on any atom is -0.378 e. The van der Waals surface area contributed by atoms with Crippen LogP contribution < -0.4 is 4.72 Å². The van der Waals surface area contributed by atoms with E-state index in [1.165, 1.54) is 23.9 Å². The zero-order valence-electron chi connectivity index (χ0n) is 15.3. The number of amides is 1. The molecule has 6 nitrogen and oxygen atoms in total. The van der Waals surface area contributed by atoms with E-state index in [1.807, 2.05) is 19.2 Å². The Morgan fingerprint density at radius 2 is 1.89 bits per heavy atom. The average molecular weight is 407 g/mol. The van der Waals surface area contributed by atoms with Gasteiger partial charge in [-0.15, -0.1) is 11.8 Å². The molecule has 8 heteroatoms. The highest BCUT2D eigenvalue weighted by molar-refractivity contribution is 7.98. The van der Waals surface area contributed by atoms with Gasteiger partial charge < -0.3 is 9.64 Å². The van der Waals surface area contributed by atoms with Crippen LogP contribution in [-0.2, 0) is 14.8 Å². The summed E-state index contributed by atoms with van der Waals surface area (Å²) in [6.45, 7) is 3.89. The molecule has 0 atom stereocenters. The second-order valence-electron chi connectivity index (χ2n) is 6.24. The van der Waals surface area contributed by atoms with Crippen molar-refractivity contribution >= 4 is 33.4 Å². The number of nitrogens with zero attached hydrogens (tertiary/aromatic N) is 1. The molecule has 27 heavy (non-hydrogen) atoms. The highest BCUT2D eigenvalue weighted by Crippen LogP contribution is 2.26. The predicted molar refractivity (Wildman–Crippen MR) is 107 cm³/mol. The van der Waals surface area contributed by atoms with E-state index in [4.69, 9.17) is 4.74 Å². The maximum atomic E-state index is 12.9. The number of carbonyl (C=O) groups excluding carboxylic acids is 1. The summed E-state index contributed by atoms with van der Waals surface area (Å²) in [6, 6.07) is 11.8. The Morgan fingerprint density at radius 1 is 1.15 bits per heavy atom. The van der Waals surface area contributed by atoms with Gasteiger partial charge in [-0.25, -0.2) is 8.42 Å². The molecule has 1 fully saturated rings. The van der Waals surface area contributed by atoms with Gasteiger partial charge in [0, 0.05) is 23.7 Å². The molecule has 0 radical (unpaired) electrons. The van der Waals surface area contributed by atoms with E-state index in [0.29, 0.717) is 37.6 Å². The third-order valence-corrected chi connectivity index (χ3v) is 6.46. The smallest absolute Gasteiger partial charge is 0.261 e. The summed E-state index contributed by atoms with van der Waals surface area (Å²) in [6.07, 6.45) is 1.87. The van der Waals surface area contributed by atoms with E-state index in [0.717, 1.165) is 10.5 Å². The van der Waals surface area contributed by atoms with Crippen molar-refractivity contribution < 1.29 is 17.9 Å². The number of hydrogen-bond donors (Lipinski definition) is 1. The summed E-state index contributed by atoms with van der Waals surface area (Å²) < 4.78 is 33.5. The number of thioether (sulfide) groups is 1. The van der Waals surface area contributed by atoms with E-state index in [2.05, 4.69) is 4.72 Å². The minimum atomic E-state index is -3.80. The fourth-order valence-corrected chi connectivity index (χ4v) is 4.53. The summed E-state index contributed by atoms with van der Waals surface area (Å²) in [5, 5.41) is 0. The van der Waals surface area contributed by atoms with Crippen molar-refractivity contribution in [3.8, 4) is 0 Å². The van der Waals surface area contributed by atoms with Gasteiger partial charge in [-0.2, -0.15) is 0 Å². The molecule has 144 valence electrons. The Balaban J connectivity index is 1.92. The van der Waals surface area contributed by atoms with Crippen LogP contribution in [0, 0.1) is 6.92 Å². The van der Waals surface area contributed by atoms with Crippen LogP contribution in [0.3, 0.4) is 0 Å². The van der Waals surface area contributed by atoms with Gasteiger partial charge in [0.25, 0.3) is 15.9 Å². The Labute approximate surface area is 164 Å². The van der Waals surface area contributed by atoms with Crippen LogP contribution in [0.5, 0.6) is 0 Å². The van der Waals surface area contributed by atoms with E-state index >= 15 is 0 Å². The highest BCUT2D eigenvalue weighted by atomic mass is 32.2. The first kappa shape index (κ1) is 19.7. The number of aryl methyl sites for hydroxylation is 1. The van der Waals surface area contributed by atoms with Crippen LogP contribution in [0.25, 0.3) is 0 Å². The molecule has 1 aliphatic heterocycles. The molecule has 1 aliphatic rings. The number of hydrogen-bond acceptors (Lipinski definition) is 5. The highest BCUT2D eigenvalue weighted by Gasteiger charge is 2.24. The number of rotatable bonds is 5. The topological polar surface area (TPSA) is 75.7 Å². The maximum Gasteiger partial charge on any atom is 0.261 e. The summed E-state index contributed by atoms with van der Waals surface area (Å²) in [5.74, 6) is -0.171. The summed E-state index contributed by atoms with van der Waals surface area (Å²) in [5.41, 5.74) is 1.85. The Bertz CT molecular complexity index is 938. The lowest BCUT2D eigenvalue weighted by Gasteiger charge is -2.27. The molecular weight excluding hydrogens is 384 g/mol. The standard InChI is InChI=1S/C19H22N2O4S2/c1-14-4-3-5-15(12-14)20-27(23,24)16-6-7-18(26-2)17(13-16)19(22)21-8-10-25-11-9-21/h3-7,12-13,20H,8-11H2,1-2H3. The van der Waals surface area contributed by atoms with Crippen LogP contribution >= 0.6 is 11.8 Å². The van der Waals surface area contributed by atoms with Crippen molar-refractivity contribution in [1.29, 1.82) is 0 Å². The molecule has 0 spiro atoms. The number of carbonyl (C=O) groups is 1. The molecule has 0 unspecified atom stereocenters. The number of benzene rings is 2. The molecule has 0 aliphatic carbocycles. The van der Waals surface area contributed by atoms with Crippen LogP contribution in [-0.4, -0.2) is 51.8 Å². The minimum absolute atomic E-state index is 0.0680. The molecular formula is C19H22N2O4S2. The zero-order chi connectivity index (χ0) is 19.4. The van der Waals surface area contributed by atoms with E-state index in [1.54, 1.807) is 29.2 Å². The van der Waals surface area contributed by atoms with Crippen LogP contribution in [0.2, 0.25) is 0 Å². The number of sulfonamides is 1. The lowest BCUT2D eigenvalue weighted by Crippen LogP contribution is -2.40. The fraction of sp³-hybridized carbons (Fsp3) is 0.316. The predicted octanol–water partition coefficient (Wildman–Crippen LogP) is 2.99. The van der Waals surface area contributed by atoms with Gasteiger partial charge in [-0.05, 0) is 49.1 Å². The van der Waals surface area contributed by atoms with Gasteiger partial charge >= 0.3 is 0 Å². The van der Waals surface area contributed by atoms with Crippen molar-refractivity contribution in [2.24, 2.45) is 0 Å². The Kier molecular flexibility index (Phi) is 6.08. The second-order valence-corrected chi connectivity index (χ2v) is 8.77. The molecule has 1 N–H and O–H groups in total. The first-order chi connectivity index (χ1) is 12.9. The van der Waals surface area contributed by atoms with E-state index in [-0.39, 0.29) is 10.8 Å². The molecule has 1 amide bonds. The summed E-state index contributed by atoms with van der Waals surface area (Å²) in [4.78, 5) is 15.4. The number of morpholine rings is 1. The van der Waals surface area contributed by atoms with Crippen molar-refractivity contribution in [1.82, 2.24) is 4.90 Å². The molecule has 0 saturated carbocycles. The van der Waals surface area contributed by atoms with Crippen molar-refractivity contribution in [2.75, 3.05) is 37.3 Å². The molecule has 0 aromatic heterocycles. The molecule has 2 aromatic carbocycles. The van der Waals surface area contributed by atoms with Gasteiger partial charge in [0.2, 0.25) is 0 Å². The van der Waals surface area contributed by atoms with Crippen molar-refractivity contribution in [3.63, 3.8) is 0 Å². The summed E-state index contributed by atoms with van der Waals surface area (Å²) >= 11 is 1.42. The number of anilines is 1. The lowest BCUT2D eigenvalue weighted by atomic mass is 10.2. The molecule has 3 rings (SSSR count). The quantitative estimate of drug-likeness (QED) is 0.773. The zero-order valence-corrected chi connectivity index (χ0v) is 16.9. The van der Waals surface area contributed by atoms with Gasteiger partial charge in [0.05, 0.1) is 23.7 Å². The maximum absolute atomic E-state index is 12.9. The first-order valence-electron chi connectivity index (χ1n) is 8.55. The van der Waals surface area contributed by atoms with E-state index in [9.17, 15) is 13.2 Å². The number of ether oxygens (including phenoxy) is 1. The Morgan fingerprint density at radius 3 is 2.56 bits per heavy atom. The van der Waals surface area contributed by atoms with Crippen LogP contribution in [0.1, 0.15) is 15.9 Å². The first-order valence-corrected chi connectivity index (χ1v) is 11.3. The van der Waals surface area contributed by atoms with E-state index < -0.39 is 10.0 Å².